The smallest absolute Gasteiger partial charge is 0.257 e. The molecular formula is C21H28N4O3. The molecular weight excluding hydrogens is 356 g/mol. The van der Waals surface area contributed by atoms with E-state index in [-0.39, 0.29) is 12.5 Å². The number of anilines is 1. The van der Waals surface area contributed by atoms with Crippen LogP contribution in [0.2, 0.25) is 0 Å². The van der Waals surface area contributed by atoms with Crippen molar-refractivity contribution in [3.8, 4) is 11.5 Å². The molecule has 7 nitrogen and oxygen atoms in total. The van der Waals surface area contributed by atoms with Crippen molar-refractivity contribution in [2.75, 3.05) is 25.6 Å². The number of aryl methyl sites for hydroxylation is 1. The van der Waals surface area contributed by atoms with Gasteiger partial charge in [-0.1, -0.05) is 25.1 Å². The van der Waals surface area contributed by atoms with Gasteiger partial charge in [0, 0.05) is 12.2 Å². The number of hydrogen-bond acceptors (Lipinski definition) is 4. The van der Waals surface area contributed by atoms with E-state index in [0.717, 1.165) is 17.7 Å². The van der Waals surface area contributed by atoms with Crippen LogP contribution >= 0.6 is 0 Å². The Bertz CT molecular complexity index is 821. The summed E-state index contributed by atoms with van der Waals surface area (Å²) < 4.78 is 10.9. The lowest BCUT2D eigenvalue weighted by Crippen LogP contribution is -2.28. The van der Waals surface area contributed by atoms with Gasteiger partial charge in [-0.05, 0) is 48.7 Å². The van der Waals surface area contributed by atoms with Gasteiger partial charge in [0.2, 0.25) is 0 Å². The fourth-order valence-electron chi connectivity index (χ4n) is 2.55. The minimum Gasteiger partial charge on any atom is -0.493 e. The molecule has 0 radical (unpaired) electrons. The van der Waals surface area contributed by atoms with Crippen LogP contribution < -0.4 is 25.8 Å². The van der Waals surface area contributed by atoms with Crippen molar-refractivity contribution in [1.82, 2.24) is 5.32 Å². The van der Waals surface area contributed by atoms with Gasteiger partial charge in [0.25, 0.3) is 5.91 Å². The third-order valence-corrected chi connectivity index (χ3v) is 4.00. The van der Waals surface area contributed by atoms with E-state index < -0.39 is 0 Å². The van der Waals surface area contributed by atoms with Gasteiger partial charge in [-0.25, -0.2) is 4.99 Å². The summed E-state index contributed by atoms with van der Waals surface area (Å²) in [5, 5.41) is 5.78. The largest absolute Gasteiger partial charge is 0.493 e. The van der Waals surface area contributed by atoms with Gasteiger partial charge in [0.1, 0.15) is 0 Å². The summed E-state index contributed by atoms with van der Waals surface area (Å²) in [7, 11) is 1.55. The molecule has 2 rings (SSSR count). The molecule has 2 aromatic rings. The van der Waals surface area contributed by atoms with E-state index >= 15 is 0 Å². The minimum absolute atomic E-state index is 0.0601. The summed E-state index contributed by atoms with van der Waals surface area (Å²) in [6.07, 6.45) is 0.959. The Balaban J connectivity index is 1.99. The number of benzene rings is 2. The van der Waals surface area contributed by atoms with E-state index in [1.165, 1.54) is 5.56 Å². The number of methoxy groups -OCH3 is 1. The van der Waals surface area contributed by atoms with E-state index in [2.05, 4.69) is 28.6 Å². The highest BCUT2D eigenvalue weighted by atomic mass is 16.5. The number of amides is 1. The normalized spacial score (nSPS) is 11.0. The number of aliphatic imine (C=N–C) groups is 1. The molecule has 0 heterocycles. The zero-order chi connectivity index (χ0) is 20.4. The molecule has 0 fully saturated rings. The van der Waals surface area contributed by atoms with Gasteiger partial charge in [-0.3, -0.25) is 4.79 Å². The molecule has 0 unspecified atom stereocenters. The fourth-order valence-corrected chi connectivity index (χ4v) is 2.55. The summed E-state index contributed by atoms with van der Waals surface area (Å²) in [6, 6.07) is 13.5. The highest BCUT2D eigenvalue weighted by Crippen LogP contribution is 2.28. The van der Waals surface area contributed by atoms with Gasteiger partial charge in [0.15, 0.2) is 24.1 Å². The molecule has 0 saturated heterocycles. The first-order valence-electron chi connectivity index (χ1n) is 9.28. The van der Waals surface area contributed by atoms with Crippen molar-refractivity contribution in [3.05, 3.63) is 53.6 Å². The van der Waals surface area contributed by atoms with Gasteiger partial charge in [-0.2, -0.15) is 0 Å². The second kappa shape index (κ2) is 10.8. The van der Waals surface area contributed by atoms with Crippen molar-refractivity contribution < 1.29 is 14.3 Å². The van der Waals surface area contributed by atoms with Crippen molar-refractivity contribution in [2.45, 2.75) is 26.8 Å². The molecule has 0 aliphatic carbocycles. The maximum absolute atomic E-state index is 11.5. The Hall–Kier alpha value is -3.22. The summed E-state index contributed by atoms with van der Waals surface area (Å²) in [5.74, 6) is 1.20. The third kappa shape index (κ3) is 6.50. The van der Waals surface area contributed by atoms with E-state index in [1.807, 2.05) is 37.3 Å². The lowest BCUT2D eigenvalue weighted by molar-refractivity contribution is -0.123. The summed E-state index contributed by atoms with van der Waals surface area (Å²) in [4.78, 5) is 15.9. The van der Waals surface area contributed by atoms with Crippen LogP contribution in [-0.2, 0) is 17.8 Å². The summed E-state index contributed by atoms with van der Waals surface area (Å²) in [6.45, 7) is 4.85. The number of hydrogen-bond donors (Lipinski definition) is 3. The van der Waals surface area contributed by atoms with Crippen LogP contribution in [-0.4, -0.2) is 32.1 Å². The van der Waals surface area contributed by atoms with E-state index in [4.69, 9.17) is 15.2 Å². The number of ether oxygens (including phenoxy) is 2. The molecule has 0 bridgehead atoms. The van der Waals surface area contributed by atoms with Gasteiger partial charge in [0.05, 0.1) is 13.7 Å². The summed E-state index contributed by atoms with van der Waals surface area (Å²) >= 11 is 0. The number of rotatable bonds is 9. The summed E-state index contributed by atoms with van der Waals surface area (Å²) in [5.41, 5.74) is 9.04. The topological polar surface area (TPSA) is 98.0 Å². The minimum atomic E-state index is -0.177. The number of guanidine groups is 1. The number of carbonyl (C=O) groups is 1. The number of carbonyl (C=O) groups excluding carboxylic acids is 1. The van der Waals surface area contributed by atoms with Crippen LogP contribution in [0, 0.1) is 0 Å². The van der Waals surface area contributed by atoms with Crippen molar-refractivity contribution in [2.24, 2.45) is 10.7 Å². The lowest BCUT2D eigenvalue weighted by Gasteiger charge is -2.12. The maximum atomic E-state index is 11.5. The van der Waals surface area contributed by atoms with Crippen molar-refractivity contribution in [3.63, 3.8) is 0 Å². The van der Waals surface area contributed by atoms with Crippen molar-refractivity contribution in [1.29, 1.82) is 0 Å². The van der Waals surface area contributed by atoms with E-state index in [9.17, 15) is 4.79 Å². The molecule has 0 aromatic heterocycles. The van der Waals surface area contributed by atoms with Gasteiger partial charge >= 0.3 is 0 Å². The van der Waals surface area contributed by atoms with E-state index in [1.54, 1.807) is 13.2 Å². The second-order valence-corrected chi connectivity index (χ2v) is 6.11. The number of likely N-dealkylation sites (N-methyl/N-ethyl adjacent to an activating group) is 1. The number of nitrogens with one attached hydrogen (secondary N) is 2. The molecule has 0 saturated carbocycles. The second-order valence-electron chi connectivity index (χ2n) is 6.11. The number of nitrogens with two attached hydrogens (primary N) is 1. The van der Waals surface area contributed by atoms with Crippen molar-refractivity contribution >= 4 is 17.6 Å². The van der Waals surface area contributed by atoms with Gasteiger partial charge < -0.3 is 25.8 Å². The Morgan fingerprint density at radius 3 is 2.64 bits per heavy atom. The first-order valence-corrected chi connectivity index (χ1v) is 9.28. The first kappa shape index (κ1) is 21.1. The molecule has 0 spiro atoms. The first-order chi connectivity index (χ1) is 13.5. The molecule has 1 amide bonds. The molecule has 7 heteroatoms. The predicted molar refractivity (Wildman–Crippen MR) is 112 cm³/mol. The Morgan fingerprint density at radius 2 is 1.93 bits per heavy atom. The highest BCUT2D eigenvalue weighted by Gasteiger charge is 2.08. The molecule has 0 aliphatic rings. The SMILES string of the molecule is CCNC(=O)COc1ccc(CN=C(N)Nc2cccc(CC)c2)cc1OC. The fraction of sp³-hybridized carbons (Fsp3) is 0.333. The van der Waals surface area contributed by atoms with Gasteiger partial charge in [-0.15, -0.1) is 0 Å². The maximum Gasteiger partial charge on any atom is 0.257 e. The quantitative estimate of drug-likeness (QED) is 0.456. The van der Waals surface area contributed by atoms with Crippen LogP contribution in [0.5, 0.6) is 11.5 Å². The Labute approximate surface area is 165 Å². The predicted octanol–water partition coefficient (Wildman–Crippen LogP) is 2.70. The third-order valence-electron chi connectivity index (χ3n) is 4.00. The average Bonchev–Trinajstić information content (AvgIpc) is 2.71. The molecule has 150 valence electrons. The van der Waals surface area contributed by atoms with Crippen LogP contribution in [0.1, 0.15) is 25.0 Å². The average molecular weight is 384 g/mol. The van der Waals surface area contributed by atoms with Crippen LogP contribution in [0.25, 0.3) is 0 Å². The zero-order valence-electron chi connectivity index (χ0n) is 16.6. The number of nitrogens with zero attached hydrogens (tertiary/aromatic N) is 1. The zero-order valence-corrected chi connectivity index (χ0v) is 16.6. The molecule has 0 atom stereocenters. The Morgan fingerprint density at radius 1 is 1.11 bits per heavy atom. The standard InChI is InChI=1S/C21H28N4O3/c1-4-15-7-6-8-17(11-15)25-21(22)24-13-16-9-10-18(19(12-16)27-3)28-14-20(26)23-5-2/h6-12H,4-5,13-14H2,1-3H3,(H,23,26)(H3,22,24,25). The van der Waals surface area contributed by atoms with E-state index in [0.29, 0.717) is 30.5 Å². The molecule has 0 aliphatic heterocycles. The van der Waals surface area contributed by atoms with Crippen LogP contribution in [0.4, 0.5) is 5.69 Å². The monoisotopic (exact) mass is 384 g/mol. The Kier molecular flexibility index (Phi) is 8.14. The molecule has 4 N–H and O–H groups in total. The molecule has 2 aromatic carbocycles. The van der Waals surface area contributed by atoms with Crippen LogP contribution in [0.15, 0.2) is 47.5 Å². The van der Waals surface area contributed by atoms with Crippen LogP contribution in [0.3, 0.4) is 0 Å². The molecule has 28 heavy (non-hydrogen) atoms. The lowest BCUT2D eigenvalue weighted by atomic mass is 10.1. The highest BCUT2D eigenvalue weighted by molar-refractivity contribution is 5.92.